The minimum absolute atomic E-state index is 0.0416. The van der Waals surface area contributed by atoms with Crippen LogP contribution in [0.25, 0.3) is 0 Å². The van der Waals surface area contributed by atoms with Crippen LogP contribution in [0.15, 0.2) is 47.5 Å². The Morgan fingerprint density at radius 2 is 1.83 bits per heavy atom. The number of nitrogens with zero attached hydrogens (tertiary/aromatic N) is 1. The maximum absolute atomic E-state index is 12.0. The van der Waals surface area contributed by atoms with Gasteiger partial charge in [-0.15, -0.1) is 0 Å². The third-order valence-electron chi connectivity index (χ3n) is 4.17. The van der Waals surface area contributed by atoms with Crippen LogP contribution in [0.5, 0.6) is 11.5 Å². The summed E-state index contributed by atoms with van der Waals surface area (Å²) in [5.41, 5.74) is 1.72. The molecule has 0 unspecified atom stereocenters. The first-order valence-electron chi connectivity index (χ1n) is 9.26. The highest BCUT2D eigenvalue weighted by atomic mass is 35.5. The smallest absolute Gasteiger partial charge is 0.224 e. The van der Waals surface area contributed by atoms with Gasteiger partial charge >= 0.3 is 0 Å². The Balaban J connectivity index is 1.72. The van der Waals surface area contributed by atoms with Crippen LogP contribution in [0.2, 0.25) is 5.02 Å². The minimum atomic E-state index is -0.0416. The number of hydrogen-bond acceptors (Lipinski definition) is 4. The number of carbonyl (C=O) groups is 1. The molecule has 29 heavy (non-hydrogen) atoms. The molecule has 0 aliphatic rings. The molecule has 0 fully saturated rings. The maximum Gasteiger partial charge on any atom is 0.224 e. The molecular formula is C21H27ClN4O3. The number of rotatable bonds is 9. The Kier molecular flexibility index (Phi) is 9.11. The summed E-state index contributed by atoms with van der Waals surface area (Å²) in [6.07, 6.45) is 1.07. The second kappa shape index (κ2) is 11.8. The van der Waals surface area contributed by atoms with E-state index in [1.165, 1.54) is 0 Å². The zero-order valence-electron chi connectivity index (χ0n) is 16.9. The van der Waals surface area contributed by atoms with Crippen molar-refractivity contribution in [3.05, 3.63) is 53.1 Å². The average Bonchev–Trinajstić information content (AvgIpc) is 2.74. The van der Waals surface area contributed by atoms with Crippen LogP contribution >= 0.6 is 11.6 Å². The largest absolute Gasteiger partial charge is 0.497 e. The van der Waals surface area contributed by atoms with E-state index in [2.05, 4.69) is 20.9 Å². The van der Waals surface area contributed by atoms with Gasteiger partial charge in [-0.3, -0.25) is 9.79 Å². The average molecular weight is 419 g/mol. The van der Waals surface area contributed by atoms with Crippen LogP contribution in [0.3, 0.4) is 0 Å². The standard InChI is InChI=1S/C21H27ClN4O3/c1-23-21(25-14-15-6-11-18(28-2)13-19(15)29-3)24-12-4-5-20(27)26-17-9-7-16(22)8-10-17/h6-11,13H,4-5,12,14H2,1-3H3,(H,26,27)(H2,23,24,25). The number of benzene rings is 2. The number of amides is 1. The van der Waals surface area contributed by atoms with Crippen molar-refractivity contribution in [1.29, 1.82) is 0 Å². The molecule has 1 amide bonds. The SMILES string of the molecule is CN=C(NCCCC(=O)Nc1ccc(Cl)cc1)NCc1ccc(OC)cc1OC. The number of methoxy groups -OCH3 is 2. The van der Waals surface area contributed by atoms with Gasteiger partial charge in [0, 0.05) is 48.9 Å². The molecule has 2 aromatic rings. The second-order valence-corrected chi connectivity index (χ2v) is 6.63. The van der Waals surface area contributed by atoms with Crippen molar-refractivity contribution >= 4 is 29.2 Å². The Bertz CT molecular complexity index is 825. The molecule has 0 radical (unpaired) electrons. The van der Waals surface area contributed by atoms with Gasteiger partial charge in [-0.05, 0) is 42.8 Å². The van der Waals surface area contributed by atoms with Gasteiger partial charge in [0.15, 0.2) is 5.96 Å². The van der Waals surface area contributed by atoms with Crippen LogP contribution in [0.1, 0.15) is 18.4 Å². The van der Waals surface area contributed by atoms with Crippen molar-refractivity contribution in [3.8, 4) is 11.5 Å². The van der Waals surface area contributed by atoms with Gasteiger partial charge in [0.25, 0.3) is 0 Å². The molecule has 0 aliphatic heterocycles. The summed E-state index contributed by atoms with van der Waals surface area (Å²) in [6, 6.07) is 12.7. The van der Waals surface area contributed by atoms with E-state index in [9.17, 15) is 4.79 Å². The fraction of sp³-hybridized carbons (Fsp3) is 0.333. The van der Waals surface area contributed by atoms with Crippen molar-refractivity contribution in [2.24, 2.45) is 4.99 Å². The Labute approximate surface area is 176 Å². The normalized spacial score (nSPS) is 11.0. The van der Waals surface area contributed by atoms with E-state index < -0.39 is 0 Å². The number of aliphatic imine (C=N–C) groups is 1. The molecule has 0 aliphatic carbocycles. The zero-order valence-corrected chi connectivity index (χ0v) is 17.7. The minimum Gasteiger partial charge on any atom is -0.497 e. The lowest BCUT2D eigenvalue weighted by molar-refractivity contribution is -0.116. The summed E-state index contributed by atoms with van der Waals surface area (Å²) in [5.74, 6) is 2.09. The second-order valence-electron chi connectivity index (χ2n) is 6.19. The monoisotopic (exact) mass is 418 g/mol. The zero-order chi connectivity index (χ0) is 21.1. The Morgan fingerprint density at radius 3 is 2.48 bits per heavy atom. The molecule has 0 bridgehead atoms. The van der Waals surface area contributed by atoms with Gasteiger partial charge < -0.3 is 25.4 Å². The summed E-state index contributed by atoms with van der Waals surface area (Å²) in [4.78, 5) is 16.2. The Hall–Kier alpha value is -2.93. The fourth-order valence-corrected chi connectivity index (χ4v) is 2.74. The first-order valence-corrected chi connectivity index (χ1v) is 9.64. The molecule has 0 atom stereocenters. The number of nitrogens with one attached hydrogen (secondary N) is 3. The molecule has 0 aromatic heterocycles. The number of guanidine groups is 1. The lowest BCUT2D eigenvalue weighted by Gasteiger charge is -2.14. The van der Waals surface area contributed by atoms with Crippen molar-refractivity contribution in [2.45, 2.75) is 19.4 Å². The molecule has 0 spiro atoms. The summed E-state index contributed by atoms with van der Waals surface area (Å²) >= 11 is 5.84. The quantitative estimate of drug-likeness (QED) is 0.330. The van der Waals surface area contributed by atoms with Crippen molar-refractivity contribution in [2.75, 3.05) is 33.1 Å². The number of halogens is 1. The third kappa shape index (κ3) is 7.54. The Morgan fingerprint density at radius 1 is 1.07 bits per heavy atom. The van der Waals surface area contributed by atoms with Crippen molar-refractivity contribution in [3.63, 3.8) is 0 Å². The van der Waals surface area contributed by atoms with Crippen molar-refractivity contribution < 1.29 is 14.3 Å². The van der Waals surface area contributed by atoms with Gasteiger partial charge in [-0.2, -0.15) is 0 Å². The van der Waals surface area contributed by atoms with Crippen LogP contribution in [-0.2, 0) is 11.3 Å². The van der Waals surface area contributed by atoms with Crippen LogP contribution in [0, 0.1) is 0 Å². The fourth-order valence-electron chi connectivity index (χ4n) is 2.61. The molecule has 156 valence electrons. The molecule has 2 aromatic carbocycles. The highest BCUT2D eigenvalue weighted by molar-refractivity contribution is 6.30. The third-order valence-corrected chi connectivity index (χ3v) is 4.42. The molecule has 0 heterocycles. The summed E-state index contributed by atoms with van der Waals surface area (Å²) in [7, 11) is 4.95. The van der Waals surface area contributed by atoms with E-state index in [0.717, 1.165) is 22.7 Å². The van der Waals surface area contributed by atoms with Crippen LogP contribution < -0.4 is 25.4 Å². The van der Waals surface area contributed by atoms with E-state index in [0.29, 0.717) is 36.9 Å². The van der Waals surface area contributed by atoms with Gasteiger partial charge in [0.2, 0.25) is 5.91 Å². The van der Waals surface area contributed by atoms with Gasteiger partial charge in [0.1, 0.15) is 11.5 Å². The van der Waals surface area contributed by atoms with Crippen molar-refractivity contribution in [1.82, 2.24) is 10.6 Å². The maximum atomic E-state index is 12.0. The van der Waals surface area contributed by atoms with E-state index in [-0.39, 0.29) is 5.91 Å². The number of ether oxygens (including phenoxy) is 2. The molecule has 0 saturated heterocycles. The molecule has 2 rings (SSSR count). The van der Waals surface area contributed by atoms with Gasteiger partial charge in [0.05, 0.1) is 14.2 Å². The lowest BCUT2D eigenvalue weighted by Crippen LogP contribution is -2.37. The molecular weight excluding hydrogens is 392 g/mol. The summed E-state index contributed by atoms with van der Waals surface area (Å²) in [5, 5.41) is 9.92. The topological polar surface area (TPSA) is 84.0 Å². The van der Waals surface area contributed by atoms with Crippen LogP contribution in [-0.4, -0.2) is 39.7 Å². The number of carbonyl (C=O) groups excluding carboxylic acids is 1. The predicted octanol–water partition coefficient (Wildman–Crippen LogP) is 3.44. The van der Waals surface area contributed by atoms with Gasteiger partial charge in [-0.1, -0.05) is 11.6 Å². The number of hydrogen-bond donors (Lipinski definition) is 3. The number of anilines is 1. The van der Waals surface area contributed by atoms with E-state index in [1.807, 2.05) is 18.2 Å². The highest BCUT2D eigenvalue weighted by Crippen LogP contribution is 2.24. The predicted molar refractivity (Wildman–Crippen MR) is 117 cm³/mol. The molecule has 0 saturated carbocycles. The van der Waals surface area contributed by atoms with Crippen LogP contribution in [0.4, 0.5) is 5.69 Å². The van der Waals surface area contributed by atoms with E-state index in [1.54, 1.807) is 45.5 Å². The molecule has 7 nitrogen and oxygen atoms in total. The summed E-state index contributed by atoms with van der Waals surface area (Å²) in [6.45, 7) is 1.16. The first-order chi connectivity index (χ1) is 14.0. The summed E-state index contributed by atoms with van der Waals surface area (Å²) < 4.78 is 10.6. The van der Waals surface area contributed by atoms with E-state index in [4.69, 9.17) is 21.1 Å². The molecule has 3 N–H and O–H groups in total. The lowest BCUT2D eigenvalue weighted by atomic mass is 10.2. The highest BCUT2D eigenvalue weighted by Gasteiger charge is 2.07. The first kappa shape index (κ1) is 22.4. The van der Waals surface area contributed by atoms with E-state index >= 15 is 0 Å². The molecule has 8 heteroatoms. The van der Waals surface area contributed by atoms with Gasteiger partial charge in [-0.25, -0.2) is 0 Å².